The summed E-state index contributed by atoms with van der Waals surface area (Å²) in [4.78, 5) is 64.0. The van der Waals surface area contributed by atoms with E-state index in [4.69, 9.17) is 11.5 Å². The molecule has 0 spiro atoms. The number of rotatable bonds is 6. The molecule has 5 N–H and O–H groups in total. The van der Waals surface area contributed by atoms with Crippen LogP contribution in [-0.2, 0) is 14.4 Å². The van der Waals surface area contributed by atoms with Crippen molar-refractivity contribution in [3.05, 3.63) is 35.4 Å². The minimum atomic E-state index is -1.07. The van der Waals surface area contributed by atoms with E-state index in [-0.39, 0.29) is 41.8 Å². The lowest BCUT2D eigenvalue weighted by molar-refractivity contribution is -0.162. The Morgan fingerprint density at radius 1 is 1.03 bits per heavy atom. The van der Waals surface area contributed by atoms with Gasteiger partial charge in [0, 0.05) is 37.2 Å². The predicted molar refractivity (Wildman–Crippen MR) is 108 cm³/mol. The Bertz CT molecular complexity index is 967. The van der Waals surface area contributed by atoms with Crippen LogP contribution in [0.25, 0.3) is 0 Å². The molecule has 2 saturated heterocycles. The zero-order valence-corrected chi connectivity index (χ0v) is 17.0. The van der Waals surface area contributed by atoms with Gasteiger partial charge in [0.2, 0.25) is 23.6 Å². The minimum Gasteiger partial charge on any atom is -0.369 e. The second kappa shape index (κ2) is 7.68. The molecule has 0 aromatic heterocycles. The summed E-state index contributed by atoms with van der Waals surface area (Å²) in [5.74, 6) is -1.93. The molecule has 4 rings (SSSR count). The number of likely N-dealkylation sites (tertiary alicyclic amines) is 2. The van der Waals surface area contributed by atoms with Crippen LogP contribution in [0.2, 0.25) is 0 Å². The van der Waals surface area contributed by atoms with Gasteiger partial charge in [0.25, 0.3) is 5.91 Å². The quantitative estimate of drug-likeness (QED) is 0.496. The average molecular weight is 427 g/mol. The van der Waals surface area contributed by atoms with E-state index in [0.717, 1.165) is 6.42 Å². The van der Waals surface area contributed by atoms with Gasteiger partial charge in [0.05, 0.1) is 12.1 Å². The Balaban J connectivity index is 1.32. The molecule has 31 heavy (non-hydrogen) atoms. The standard InChI is InChI=1S/C21H25N5O5/c22-17(28)12-3-1-4-13(7-12)18(29)24-14-8-16(27)26(9-14)15-10-25(11-15)20(31)21(19(23)30)5-2-6-21/h1,3-4,7,14-15H,2,5-6,8-11H2,(H2,22,28)(H2,23,30)(H,24,29). The maximum atomic E-state index is 12.7. The molecule has 1 atom stereocenters. The molecular formula is C21H25N5O5. The minimum absolute atomic E-state index is 0.0958. The highest BCUT2D eigenvalue weighted by molar-refractivity contribution is 6.05. The first kappa shape index (κ1) is 20.8. The second-order valence-corrected chi connectivity index (χ2v) is 8.53. The van der Waals surface area contributed by atoms with Crippen LogP contribution in [0.5, 0.6) is 0 Å². The van der Waals surface area contributed by atoms with Crippen molar-refractivity contribution in [1.29, 1.82) is 0 Å². The van der Waals surface area contributed by atoms with Crippen molar-refractivity contribution >= 4 is 29.5 Å². The van der Waals surface area contributed by atoms with Crippen LogP contribution in [0.3, 0.4) is 0 Å². The van der Waals surface area contributed by atoms with Gasteiger partial charge in [-0.3, -0.25) is 24.0 Å². The van der Waals surface area contributed by atoms with Crippen LogP contribution in [0, 0.1) is 5.41 Å². The second-order valence-electron chi connectivity index (χ2n) is 8.53. The van der Waals surface area contributed by atoms with Gasteiger partial charge in [-0.15, -0.1) is 0 Å². The number of carbonyl (C=O) groups is 5. The molecule has 1 unspecified atom stereocenters. The van der Waals surface area contributed by atoms with E-state index < -0.39 is 17.2 Å². The smallest absolute Gasteiger partial charge is 0.251 e. The zero-order chi connectivity index (χ0) is 22.3. The summed E-state index contributed by atoms with van der Waals surface area (Å²) in [6.07, 6.45) is 1.93. The van der Waals surface area contributed by atoms with E-state index in [1.807, 2.05) is 0 Å². The molecule has 3 fully saturated rings. The van der Waals surface area contributed by atoms with E-state index in [0.29, 0.717) is 38.0 Å². The van der Waals surface area contributed by atoms with Gasteiger partial charge in [-0.1, -0.05) is 12.5 Å². The van der Waals surface area contributed by atoms with E-state index in [2.05, 4.69) is 5.32 Å². The Morgan fingerprint density at radius 2 is 1.71 bits per heavy atom. The van der Waals surface area contributed by atoms with Crippen molar-refractivity contribution in [2.24, 2.45) is 16.9 Å². The summed E-state index contributed by atoms with van der Waals surface area (Å²) in [6.45, 7) is 1.07. The summed E-state index contributed by atoms with van der Waals surface area (Å²) in [5.41, 5.74) is 10.2. The van der Waals surface area contributed by atoms with Gasteiger partial charge in [0.15, 0.2) is 0 Å². The maximum Gasteiger partial charge on any atom is 0.251 e. The summed E-state index contributed by atoms with van der Waals surface area (Å²) < 4.78 is 0. The van der Waals surface area contributed by atoms with Crippen molar-refractivity contribution in [1.82, 2.24) is 15.1 Å². The van der Waals surface area contributed by atoms with Gasteiger partial charge >= 0.3 is 0 Å². The normalized spacial score (nSPS) is 22.5. The molecule has 0 bridgehead atoms. The number of primary amides is 2. The molecule has 0 radical (unpaired) electrons. The van der Waals surface area contributed by atoms with Crippen molar-refractivity contribution in [2.45, 2.75) is 37.8 Å². The molecule has 2 aliphatic heterocycles. The van der Waals surface area contributed by atoms with Crippen molar-refractivity contribution in [3.63, 3.8) is 0 Å². The molecule has 1 aromatic carbocycles. The zero-order valence-electron chi connectivity index (χ0n) is 17.0. The molecule has 10 heteroatoms. The number of benzene rings is 1. The van der Waals surface area contributed by atoms with Gasteiger partial charge in [-0.2, -0.15) is 0 Å². The first-order valence-corrected chi connectivity index (χ1v) is 10.3. The summed E-state index contributed by atoms with van der Waals surface area (Å²) in [7, 11) is 0. The molecule has 5 amide bonds. The average Bonchev–Trinajstić information content (AvgIpc) is 2.99. The summed E-state index contributed by atoms with van der Waals surface area (Å²) in [6, 6.07) is 5.57. The third kappa shape index (κ3) is 3.62. The number of nitrogens with two attached hydrogens (primary N) is 2. The first-order valence-electron chi connectivity index (χ1n) is 10.3. The van der Waals surface area contributed by atoms with Crippen LogP contribution in [0.1, 0.15) is 46.4 Å². The molecule has 1 saturated carbocycles. The lowest BCUT2D eigenvalue weighted by Gasteiger charge is -2.49. The van der Waals surface area contributed by atoms with Crippen LogP contribution in [0.15, 0.2) is 24.3 Å². The van der Waals surface area contributed by atoms with Gasteiger partial charge in [-0.25, -0.2) is 0 Å². The summed E-state index contributed by atoms with van der Waals surface area (Å²) in [5, 5.41) is 2.82. The molecule has 164 valence electrons. The largest absolute Gasteiger partial charge is 0.369 e. The highest BCUT2D eigenvalue weighted by Gasteiger charge is 2.54. The number of amides is 5. The predicted octanol–water partition coefficient (Wildman–Crippen LogP) is -1.02. The number of nitrogens with zero attached hydrogens (tertiary/aromatic N) is 2. The fourth-order valence-corrected chi connectivity index (χ4v) is 4.48. The van der Waals surface area contributed by atoms with Crippen LogP contribution in [0.4, 0.5) is 0 Å². The monoisotopic (exact) mass is 427 g/mol. The SMILES string of the molecule is NC(=O)c1cccc(C(=O)NC2CC(=O)N(C3CN(C(=O)C4(C(N)=O)CCC4)C3)C2)c1. The molecular weight excluding hydrogens is 402 g/mol. The van der Waals surface area contributed by atoms with Crippen molar-refractivity contribution in [2.75, 3.05) is 19.6 Å². The van der Waals surface area contributed by atoms with Crippen molar-refractivity contribution in [3.8, 4) is 0 Å². The van der Waals surface area contributed by atoms with Gasteiger partial charge < -0.3 is 26.6 Å². The third-order valence-corrected chi connectivity index (χ3v) is 6.58. The number of nitrogens with one attached hydrogen (secondary N) is 1. The third-order valence-electron chi connectivity index (χ3n) is 6.58. The maximum absolute atomic E-state index is 12.7. The molecule has 2 heterocycles. The van der Waals surface area contributed by atoms with Crippen molar-refractivity contribution < 1.29 is 24.0 Å². The Kier molecular flexibility index (Phi) is 5.16. The highest BCUT2D eigenvalue weighted by Crippen LogP contribution is 2.43. The number of hydrogen-bond acceptors (Lipinski definition) is 5. The summed E-state index contributed by atoms with van der Waals surface area (Å²) >= 11 is 0. The van der Waals surface area contributed by atoms with Gasteiger partial charge in [-0.05, 0) is 31.0 Å². The molecule has 10 nitrogen and oxygen atoms in total. The lowest BCUT2D eigenvalue weighted by Crippen LogP contribution is -2.66. The van der Waals surface area contributed by atoms with Crippen LogP contribution in [-0.4, -0.2) is 71.1 Å². The molecule has 1 aromatic rings. The number of hydrogen-bond donors (Lipinski definition) is 3. The van der Waals surface area contributed by atoms with Crippen LogP contribution < -0.4 is 16.8 Å². The van der Waals surface area contributed by atoms with E-state index >= 15 is 0 Å². The van der Waals surface area contributed by atoms with Crippen LogP contribution >= 0.6 is 0 Å². The lowest BCUT2D eigenvalue weighted by atomic mass is 9.66. The Labute approximate surface area is 178 Å². The Morgan fingerprint density at radius 3 is 2.29 bits per heavy atom. The molecule has 3 aliphatic rings. The fourth-order valence-electron chi connectivity index (χ4n) is 4.48. The van der Waals surface area contributed by atoms with E-state index in [9.17, 15) is 24.0 Å². The Hall–Kier alpha value is -3.43. The van der Waals surface area contributed by atoms with Gasteiger partial charge in [0.1, 0.15) is 5.41 Å². The van der Waals surface area contributed by atoms with E-state index in [1.165, 1.54) is 12.1 Å². The highest BCUT2D eigenvalue weighted by atomic mass is 16.2. The van der Waals surface area contributed by atoms with E-state index in [1.54, 1.807) is 21.9 Å². The molecule has 1 aliphatic carbocycles. The first-order chi connectivity index (χ1) is 14.7. The number of carbonyl (C=O) groups excluding carboxylic acids is 5. The topological polar surface area (TPSA) is 156 Å². The fraction of sp³-hybridized carbons (Fsp3) is 0.476.